The highest BCUT2D eigenvalue weighted by molar-refractivity contribution is 6.30. The van der Waals surface area contributed by atoms with E-state index >= 15 is 0 Å². The zero-order valence-corrected chi connectivity index (χ0v) is 15.1. The number of aromatic nitrogens is 2. The normalized spacial score (nSPS) is 13.1. The van der Waals surface area contributed by atoms with Gasteiger partial charge >= 0.3 is 0 Å². The van der Waals surface area contributed by atoms with E-state index in [9.17, 15) is 9.59 Å². The molecular formula is C21H15N3O4. The monoisotopic (exact) mass is 373 g/mol. The minimum atomic E-state index is -0.499. The summed E-state index contributed by atoms with van der Waals surface area (Å²) in [6.07, 6.45) is 0. The maximum atomic E-state index is 12.5. The summed E-state index contributed by atoms with van der Waals surface area (Å²) in [7, 11) is 3.14. The van der Waals surface area contributed by atoms with Crippen molar-refractivity contribution in [2.75, 3.05) is 14.2 Å². The number of ether oxygens (including phenoxy) is 2. The van der Waals surface area contributed by atoms with E-state index in [1.807, 2.05) is 30.3 Å². The predicted molar refractivity (Wildman–Crippen MR) is 104 cm³/mol. The molecule has 0 saturated heterocycles. The Morgan fingerprint density at radius 3 is 2.54 bits per heavy atom. The fourth-order valence-corrected chi connectivity index (χ4v) is 3.72. The van der Waals surface area contributed by atoms with Crippen molar-refractivity contribution in [3.63, 3.8) is 0 Å². The van der Waals surface area contributed by atoms with Crippen molar-refractivity contribution in [1.29, 1.82) is 0 Å². The molecule has 4 aromatic rings. The zero-order chi connectivity index (χ0) is 19.4. The van der Waals surface area contributed by atoms with Crippen LogP contribution < -0.4 is 14.8 Å². The molecule has 2 aromatic heterocycles. The standard InChI is InChI=1S/C21H15N3O4/c1-27-10-7-8-12(14(9-10)28-2)17-18-15(11-5-3-4-6-13(11)22-18)16-19(23-17)21(26)24-20(16)25/h3-9,22H,1-2H3,(H,24,25,26). The van der Waals surface area contributed by atoms with Crippen molar-refractivity contribution < 1.29 is 19.1 Å². The highest BCUT2D eigenvalue weighted by Crippen LogP contribution is 2.40. The molecule has 5 rings (SSSR count). The number of fused-ring (bicyclic) bond motifs is 5. The molecule has 28 heavy (non-hydrogen) atoms. The van der Waals surface area contributed by atoms with Crippen molar-refractivity contribution >= 4 is 33.6 Å². The van der Waals surface area contributed by atoms with Gasteiger partial charge in [-0.15, -0.1) is 0 Å². The number of rotatable bonds is 3. The van der Waals surface area contributed by atoms with E-state index in [0.29, 0.717) is 39.2 Å². The van der Waals surface area contributed by atoms with Gasteiger partial charge in [0.15, 0.2) is 0 Å². The molecule has 1 aliphatic heterocycles. The van der Waals surface area contributed by atoms with Crippen LogP contribution in [0.2, 0.25) is 0 Å². The first-order valence-corrected chi connectivity index (χ1v) is 8.65. The summed E-state index contributed by atoms with van der Waals surface area (Å²) < 4.78 is 10.8. The molecule has 0 spiro atoms. The molecule has 7 heteroatoms. The Kier molecular flexibility index (Phi) is 3.39. The Morgan fingerprint density at radius 2 is 1.75 bits per heavy atom. The van der Waals surface area contributed by atoms with Gasteiger partial charge in [-0.25, -0.2) is 4.98 Å². The molecule has 0 atom stereocenters. The zero-order valence-electron chi connectivity index (χ0n) is 15.1. The summed E-state index contributed by atoms with van der Waals surface area (Å²) in [5, 5.41) is 3.88. The average Bonchev–Trinajstić information content (AvgIpc) is 3.24. The van der Waals surface area contributed by atoms with E-state index < -0.39 is 11.8 Å². The fourth-order valence-electron chi connectivity index (χ4n) is 3.72. The van der Waals surface area contributed by atoms with Crippen LogP contribution in [-0.4, -0.2) is 36.0 Å². The van der Waals surface area contributed by atoms with Gasteiger partial charge in [0, 0.05) is 27.9 Å². The third-order valence-electron chi connectivity index (χ3n) is 4.99. The number of hydrogen-bond acceptors (Lipinski definition) is 5. The Bertz CT molecular complexity index is 1310. The van der Waals surface area contributed by atoms with E-state index in [1.54, 1.807) is 26.4 Å². The van der Waals surface area contributed by atoms with Crippen LogP contribution in [-0.2, 0) is 0 Å². The van der Waals surface area contributed by atoms with E-state index in [1.165, 1.54) is 0 Å². The number of methoxy groups -OCH3 is 2. The summed E-state index contributed by atoms with van der Waals surface area (Å²) >= 11 is 0. The van der Waals surface area contributed by atoms with Crippen LogP contribution in [0.4, 0.5) is 0 Å². The first kappa shape index (κ1) is 16.3. The number of aromatic amines is 1. The molecular weight excluding hydrogens is 358 g/mol. The van der Waals surface area contributed by atoms with Gasteiger partial charge in [0.05, 0.1) is 31.0 Å². The van der Waals surface area contributed by atoms with Gasteiger partial charge < -0.3 is 14.5 Å². The van der Waals surface area contributed by atoms with Crippen molar-refractivity contribution in [3.8, 4) is 22.8 Å². The molecule has 0 radical (unpaired) electrons. The van der Waals surface area contributed by atoms with Gasteiger partial charge in [-0.2, -0.15) is 0 Å². The minimum absolute atomic E-state index is 0.120. The number of nitrogens with one attached hydrogen (secondary N) is 2. The van der Waals surface area contributed by atoms with Gasteiger partial charge in [0.2, 0.25) is 0 Å². The summed E-state index contributed by atoms with van der Waals surface area (Å²) in [4.78, 5) is 32.7. The molecule has 7 nitrogen and oxygen atoms in total. The average molecular weight is 373 g/mol. The van der Waals surface area contributed by atoms with Gasteiger partial charge in [0.25, 0.3) is 11.8 Å². The van der Waals surface area contributed by atoms with Crippen LogP contribution in [0.1, 0.15) is 20.8 Å². The first-order valence-electron chi connectivity index (χ1n) is 8.65. The van der Waals surface area contributed by atoms with E-state index in [0.717, 1.165) is 10.9 Å². The Balaban J connectivity index is 1.94. The second-order valence-corrected chi connectivity index (χ2v) is 6.45. The first-order chi connectivity index (χ1) is 13.6. The molecule has 0 bridgehead atoms. The number of carbonyl (C=O) groups excluding carboxylic acids is 2. The molecule has 0 unspecified atom stereocenters. The summed E-state index contributed by atoms with van der Waals surface area (Å²) in [6, 6.07) is 13.0. The predicted octanol–water partition coefficient (Wildman–Crippen LogP) is 3.28. The third kappa shape index (κ3) is 2.13. The van der Waals surface area contributed by atoms with Crippen LogP contribution in [0.3, 0.4) is 0 Å². The molecule has 2 N–H and O–H groups in total. The quantitative estimate of drug-likeness (QED) is 0.538. The lowest BCUT2D eigenvalue weighted by atomic mass is 10.0. The van der Waals surface area contributed by atoms with Crippen molar-refractivity contribution in [3.05, 3.63) is 53.7 Å². The number of nitrogens with zero attached hydrogens (tertiary/aromatic N) is 1. The molecule has 0 fully saturated rings. The topological polar surface area (TPSA) is 93.3 Å². The lowest BCUT2D eigenvalue weighted by Gasteiger charge is -2.12. The minimum Gasteiger partial charge on any atom is -0.497 e. The SMILES string of the molecule is COc1ccc(-c2nc3c(c4c2[nH]c2ccccc24)C(=O)NC3=O)c(OC)c1. The van der Waals surface area contributed by atoms with Crippen molar-refractivity contribution in [1.82, 2.24) is 15.3 Å². The molecule has 3 heterocycles. The number of carbonyl (C=O) groups is 2. The lowest BCUT2D eigenvalue weighted by Crippen LogP contribution is -2.20. The smallest absolute Gasteiger partial charge is 0.277 e. The lowest BCUT2D eigenvalue weighted by molar-refractivity contribution is 0.0878. The van der Waals surface area contributed by atoms with Crippen LogP contribution >= 0.6 is 0 Å². The van der Waals surface area contributed by atoms with Crippen LogP contribution in [0.25, 0.3) is 33.1 Å². The Hall–Kier alpha value is -3.87. The summed E-state index contributed by atoms with van der Waals surface area (Å²) in [5.74, 6) is 0.260. The Labute approximate surface area is 159 Å². The second kappa shape index (κ2) is 5.82. The van der Waals surface area contributed by atoms with Crippen LogP contribution in [0.5, 0.6) is 11.5 Å². The van der Waals surface area contributed by atoms with Crippen LogP contribution in [0, 0.1) is 0 Å². The number of pyridine rings is 1. The molecule has 2 aromatic carbocycles. The summed E-state index contributed by atoms with van der Waals surface area (Å²) in [6.45, 7) is 0. The van der Waals surface area contributed by atoms with Gasteiger partial charge in [-0.1, -0.05) is 18.2 Å². The van der Waals surface area contributed by atoms with Crippen LogP contribution in [0.15, 0.2) is 42.5 Å². The molecule has 0 saturated carbocycles. The van der Waals surface area contributed by atoms with Gasteiger partial charge in [0.1, 0.15) is 17.2 Å². The maximum Gasteiger partial charge on any atom is 0.277 e. The molecule has 1 aliphatic rings. The number of benzene rings is 2. The van der Waals surface area contributed by atoms with Gasteiger partial charge in [-0.05, 0) is 18.2 Å². The molecule has 0 aliphatic carbocycles. The maximum absolute atomic E-state index is 12.5. The van der Waals surface area contributed by atoms with E-state index in [-0.39, 0.29) is 5.69 Å². The Morgan fingerprint density at radius 1 is 0.929 bits per heavy atom. The van der Waals surface area contributed by atoms with Gasteiger partial charge in [-0.3, -0.25) is 14.9 Å². The van der Waals surface area contributed by atoms with E-state index in [2.05, 4.69) is 15.3 Å². The fraction of sp³-hybridized carbons (Fsp3) is 0.0952. The molecule has 138 valence electrons. The number of amides is 2. The number of hydrogen-bond donors (Lipinski definition) is 2. The highest BCUT2D eigenvalue weighted by Gasteiger charge is 2.34. The largest absolute Gasteiger partial charge is 0.497 e. The van der Waals surface area contributed by atoms with Crippen molar-refractivity contribution in [2.45, 2.75) is 0 Å². The second-order valence-electron chi connectivity index (χ2n) is 6.45. The third-order valence-corrected chi connectivity index (χ3v) is 4.99. The highest BCUT2D eigenvalue weighted by atomic mass is 16.5. The number of imide groups is 1. The number of H-pyrrole nitrogens is 1. The number of para-hydroxylation sites is 1. The van der Waals surface area contributed by atoms with Crippen molar-refractivity contribution in [2.24, 2.45) is 0 Å². The van der Waals surface area contributed by atoms with E-state index in [4.69, 9.17) is 9.47 Å². The summed E-state index contributed by atoms with van der Waals surface area (Å²) in [5.41, 5.74) is 3.18. The molecule has 2 amide bonds.